The second-order valence-electron chi connectivity index (χ2n) is 7.06. The number of halogens is 1. The number of rotatable bonds is 8. The first-order chi connectivity index (χ1) is 14.5. The molecule has 0 unspecified atom stereocenters. The summed E-state index contributed by atoms with van der Waals surface area (Å²) < 4.78 is 36.5. The van der Waals surface area contributed by atoms with E-state index in [1.54, 1.807) is 20.2 Å². The molecule has 2 aromatic rings. The second kappa shape index (κ2) is 12.2. The van der Waals surface area contributed by atoms with Gasteiger partial charge in [-0.3, -0.25) is 4.99 Å². The van der Waals surface area contributed by atoms with E-state index in [2.05, 4.69) is 32.5 Å². The molecule has 1 N–H and O–H groups in total. The van der Waals surface area contributed by atoms with Gasteiger partial charge in [0, 0.05) is 45.8 Å². The highest BCUT2D eigenvalue weighted by Gasteiger charge is 2.28. The highest BCUT2D eigenvalue weighted by atomic mass is 127. The summed E-state index contributed by atoms with van der Waals surface area (Å²) in [5, 5.41) is 7.08. The lowest BCUT2D eigenvalue weighted by molar-refractivity contribution is 0.260. The van der Waals surface area contributed by atoms with Crippen molar-refractivity contribution in [2.24, 2.45) is 4.99 Å². The number of methoxy groups -OCH3 is 1. The molecular weight excluding hydrogens is 533 g/mol. The number of nitrogens with one attached hydrogen (secondary N) is 1. The number of aryl methyl sites for hydroxylation is 1. The van der Waals surface area contributed by atoms with Crippen LogP contribution in [0.5, 0.6) is 5.75 Å². The molecule has 2 heterocycles. The number of aromatic nitrogens is 1. The monoisotopic (exact) mass is 563 g/mol. The molecule has 1 aliphatic rings. The molecule has 1 aromatic carbocycles. The molecule has 0 atom stereocenters. The Labute approximate surface area is 200 Å². The Bertz CT molecular complexity index is 912. The van der Waals surface area contributed by atoms with Crippen LogP contribution in [-0.2, 0) is 22.2 Å². The number of hydrogen-bond donors (Lipinski definition) is 1. The minimum Gasteiger partial charge on any atom is -0.497 e. The van der Waals surface area contributed by atoms with E-state index in [4.69, 9.17) is 9.26 Å². The van der Waals surface area contributed by atoms with Crippen molar-refractivity contribution in [3.05, 3.63) is 47.9 Å². The smallest absolute Gasteiger partial charge is 0.220 e. The average molecular weight is 563 g/mol. The molecule has 31 heavy (non-hydrogen) atoms. The van der Waals surface area contributed by atoms with Crippen LogP contribution < -0.4 is 10.1 Å². The first-order valence-corrected chi connectivity index (χ1v) is 11.6. The highest BCUT2D eigenvalue weighted by molar-refractivity contribution is 14.0. The summed E-state index contributed by atoms with van der Waals surface area (Å²) >= 11 is 0. The van der Waals surface area contributed by atoms with E-state index in [-0.39, 0.29) is 29.7 Å². The van der Waals surface area contributed by atoms with Gasteiger partial charge in [0.25, 0.3) is 0 Å². The molecule has 0 radical (unpaired) electrons. The van der Waals surface area contributed by atoms with E-state index in [9.17, 15) is 8.42 Å². The predicted octanol–water partition coefficient (Wildman–Crippen LogP) is 1.96. The second-order valence-corrected chi connectivity index (χ2v) is 9.03. The van der Waals surface area contributed by atoms with Crippen LogP contribution in [0.1, 0.15) is 17.7 Å². The molecule has 0 saturated carbocycles. The fraction of sp³-hybridized carbons (Fsp3) is 0.500. The molecule has 1 fully saturated rings. The number of hydrogen-bond acceptors (Lipinski definition) is 6. The maximum atomic E-state index is 12.6. The minimum atomic E-state index is -3.40. The summed E-state index contributed by atoms with van der Waals surface area (Å²) in [6, 6.07) is 9.67. The van der Waals surface area contributed by atoms with Gasteiger partial charge >= 0.3 is 0 Å². The third-order valence-corrected chi connectivity index (χ3v) is 6.86. The van der Waals surface area contributed by atoms with Crippen LogP contribution in [0.2, 0.25) is 0 Å². The van der Waals surface area contributed by atoms with Crippen LogP contribution in [-0.4, -0.2) is 75.6 Å². The van der Waals surface area contributed by atoms with Gasteiger partial charge in [-0.05, 0) is 30.5 Å². The molecule has 0 amide bonds. The Morgan fingerprint density at radius 1 is 1.19 bits per heavy atom. The lowest BCUT2D eigenvalue weighted by Crippen LogP contribution is -2.54. The Kier molecular flexibility index (Phi) is 10.0. The lowest BCUT2D eigenvalue weighted by atomic mass is 10.1. The van der Waals surface area contributed by atoms with Crippen molar-refractivity contribution < 1.29 is 17.7 Å². The Morgan fingerprint density at radius 2 is 1.90 bits per heavy atom. The SMILES string of the molecule is CN=C(NCCCc1ccc(OC)cc1)N1CCN(S(=O)(=O)Cc2ccon2)CC1.I. The van der Waals surface area contributed by atoms with Crippen LogP contribution in [0.15, 0.2) is 46.1 Å². The van der Waals surface area contributed by atoms with Gasteiger partial charge in [-0.15, -0.1) is 24.0 Å². The fourth-order valence-corrected chi connectivity index (χ4v) is 4.81. The molecule has 172 valence electrons. The maximum Gasteiger partial charge on any atom is 0.220 e. The van der Waals surface area contributed by atoms with Crippen molar-refractivity contribution >= 4 is 40.0 Å². The van der Waals surface area contributed by atoms with Crippen molar-refractivity contribution in [1.29, 1.82) is 0 Å². The first-order valence-electron chi connectivity index (χ1n) is 9.97. The summed E-state index contributed by atoms with van der Waals surface area (Å²) in [6.07, 6.45) is 3.31. The van der Waals surface area contributed by atoms with Crippen molar-refractivity contribution in [1.82, 2.24) is 19.7 Å². The van der Waals surface area contributed by atoms with Crippen molar-refractivity contribution in [2.75, 3.05) is 46.9 Å². The zero-order valence-corrected chi connectivity index (χ0v) is 21.0. The number of piperazine rings is 1. The predicted molar refractivity (Wildman–Crippen MR) is 130 cm³/mol. The van der Waals surface area contributed by atoms with E-state index >= 15 is 0 Å². The largest absolute Gasteiger partial charge is 0.497 e. The zero-order valence-electron chi connectivity index (χ0n) is 17.9. The molecular formula is C20H30IN5O4S. The molecule has 9 nitrogen and oxygen atoms in total. The van der Waals surface area contributed by atoms with Gasteiger partial charge in [-0.25, -0.2) is 8.42 Å². The molecule has 0 spiro atoms. The van der Waals surface area contributed by atoms with Crippen molar-refractivity contribution in [3.63, 3.8) is 0 Å². The molecule has 3 rings (SSSR count). The number of sulfonamides is 1. The fourth-order valence-electron chi connectivity index (χ4n) is 3.39. The van der Waals surface area contributed by atoms with Gasteiger partial charge in [0.15, 0.2) is 5.96 Å². The standard InChI is InChI=1S/C20H29N5O4S.HI/c1-21-20(22-10-3-4-17-5-7-19(28-2)8-6-17)24-11-13-25(14-12-24)30(26,27)16-18-9-15-29-23-18;/h5-9,15H,3-4,10-14,16H2,1-2H3,(H,21,22);1H. The van der Waals surface area contributed by atoms with E-state index in [0.29, 0.717) is 31.9 Å². The number of ether oxygens (including phenoxy) is 1. The normalized spacial score (nSPS) is 15.4. The Morgan fingerprint density at radius 3 is 2.48 bits per heavy atom. The number of aliphatic imine (C=N–C) groups is 1. The highest BCUT2D eigenvalue weighted by Crippen LogP contribution is 2.14. The number of benzene rings is 1. The van der Waals surface area contributed by atoms with E-state index in [1.165, 1.54) is 16.1 Å². The molecule has 1 aliphatic heterocycles. The van der Waals surface area contributed by atoms with Gasteiger partial charge in [0.05, 0.1) is 12.8 Å². The van der Waals surface area contributed by atoms with Gasteiger partial charge < -0.3 is 19.5 Å². The van der Waals surface area contributed by atoms with Crippen LogP contribution in [0.3, 0.4) is 0 Å². The topological polar surface area (TPSA) is 100 Å². The zero-order chi connectivity index (χ0) is 21.4. The summed E-state index contributed by atoms with van der Waals surface area (Å²) in [4.78, 5) is 6.44. The number of guanidine groups is 1. The third kappa shape index (κ3) is 7.35. The summed E-state index contributed by atoms with van der Waals surface area (Å²) in [5.74, 6) is 1.53. The van der Waals surface area contributed by atoms with Crippen LogP contribution in [0, 0.1) is 0 Å². The van der Waals surface area contributed by atoms with E-state index in [0.717, 1.165) is 31.1 Å². The van der Waals surface area contributed by atoms with Crippen molar-refractivity contribution in [3.8, 4) is 5.75 Å². The third-order valence-electron chi connectivity index (χ3n) is 5.05. The Balaban J connectivity index is 0.00000341. The molecule has 0 aliphatic carbocycles. The summed E-state index contributed by atoms with van der Waals surface area (Å²) in [6.45, 7) is 2.83. The first kappa shape index (κ1) is 25.4. The van der Waals surface area contributed by atoms with Crippen LogP contribution >= 0.6 is 24.0 Å². The van der Waals surface area contributed by atoms with E-state index in [1.807, 2.05) is 12.1 Å². The maximum absolute atomic E-state index is 12.6. The molecule has 11 heteroatoms. The van der Waals surface area contributed by atoms with Crippen LogP contribution in [0.25, 0.3) is 0 Å². The molecule has 0 bridgehead atoms. The molecule has 1 aromatic heterocycles. The van der Waals surface area contributed by atoms with E-state index < -0.39 is 10.0 Å². The van der Waals surface area contributed by atoms with Crippen molar-refractivity contribution in [2.45, 2.75) is 18.6 Å². The Hall–Kier alpha value is -1.86. The summed E-state index contributed by atoms with van der Waals surface area (Å²) in [5.41, 5.74) is 1.69. The summed E-state index contributed by atoms with van der Waals surface area (Å²) in [7, 11) is 0.00888. The minimum absolute atomic E-state index is 0. The van der Waals surface area contributed by atoms with Gasteiger partial charge in [-0.2, -0.15) is 4.31 Å². The quantitative estimate of drug-likeness (QED) is 0.227. The van der Waals surface area contributed by atoms with Gasteiger partial charge in [-0.1, -0.05) is 17.3 Å². The van der Waals surface area contributed by atoms with Crippen LogP contribution in [0.4, 0.5) is 0 Å². The van der Waals surface area contributed by atoms with Gasteiger partial charge in [0.2, 0.25) is 10.0 Å². The van der Waals surface area contributed by atoms with Gasteiger partial charge in [0.1, 0.15) is 17.8 Å². The lowest BCUT2D eigenvalue weighted by Gasteiger charge is -2.35. The molecule has 1 saturated heterocycles. The average Bonchev–Trinajstić information content (AvgIpc) is 3.27. The number of nitrogens with zero attached hydrogens (tertiary/aromatic N) is 4.